The minimum absolute atomic E-state index is 1.29. The van der Waals surface area contributed by atoms with Gasteiger partial charge in [-0.2, -0.15) is 0 Å². The second-order valence-electron chi connectivity index (χ2n) is 8.37. The molecule has 0 spiro atoms. The van der Waals surface area contributed by atoms with Gasteiger partial charge in [0.05, 0.1) is 0 Å². The maximum Gasteiger partial charge on any atom is -0.00961 e. The molecule has 6 rings (SSSR count). The second kappa shape index (κ2) is 6.43. The topological polar surface area (TPSA) is 0 Å². The molecule has 0 aliphatic rings. The van der Waals surface area contributed by atoms with Gasteiger partial charge in [-0.1, -0.05) is 90.5 Å². The van der Waals surface area contributed by atoms with Gasteiger partial charge < -0.3 is 0 Å². The highest BCUT2D eigenvalue weighted by atomic mass is 14.2. The van der Waals surface area contributed by atoms with Gasteiger partial charge in [-0.05, 0) is 85.8 Å². The largest absolute Gasteiger partial charge is 0.0616 e. The third-order valence-corrected chi connectivity index (χ3v) is 6.40. The first-order valence-electron chi connectivity index (χ1n) is 10.5. The van der Waals surface area contributed by atoms with Gasteiger partial charge in [-0.3, -0.25) is 0 Å². The molecule has 0 amide bonds. The van der Waals surface area contributed by atoms with Gasteiger partial charge in [-0.25, -0.2) is 0 Å². The lowest BCUT2D eigenvalue weighted by atomic mass is 9.88. The number of hydrogen-bond acceptors (Lipinski definition) is 0. The Hall–Kier alpha value is -3.64. The Kier molecular flexibility index (Phi) is 3.70. The van der Waals surface area contributed by atoms with Gasteiger partial charge >= 0.3 is 0 Å². The lowest BCUT2D eigenvalue weighted by Crippen LogP contribution is -1.89. The van der Waals surface area contributed by atoms with E-state index >= 15 is 0 Å². The highest BCUT2D eigenvalue weighted by molar-refractivity contribution is 6.16. The minimum Gasteiger partial charge on any atom is -0.0616 e. The highest BCUT2D eigenvalue weighted by Gasteiger charge is 2.12. The third-order valence-electron chi connectivity index (χ3n) is 6.40. The van der Waals surface area contributed by atoms with Crippen LogP contribution in [0.15, 0.2) is 97.1 Å². The van der Waals surface area contributed by atoms with E-state index in [2.05, 4.69) is 111 Å². The van der Waals surface area contributed by atoms with Crippen LogP contribution in [0.4, 0.5) is 0 Å². The fourth-order valence-electron chi connectivity index (χ4n) is 4.90. The van der Waals surface area contributed by atoms with E-state index in [4.69, 9.17) is 0 Å². The van der Waals surface area contributed by atoms with Crippen molar-refractivity contribution < 1.29 is 0 Å². The molecule has 0 aliphatic carbocycles. The zero-order chi connectivity index (χ0) is 20.2. The van der Waals surface area contributed by atoms with Crippen molar-refractivity contribution in [1.82, 2.24) is 0 Å². The number of fused-ring (bicyclic) bond motifs is 6. The van der Waals surface area contributed by atoms with Crippen LogP contribution in [0.2, 0.25) is 0 Å². The monoisotopic (exact) mass is 382 g/mol. The van der Waals surface area contributed by atoms with Gasteiger partial charge in [0, 0.05) is 0 Å². The van der Waals surface area contributed by atoms with E-state index in [0.29, 0.717) is 0 Å². The zero-order valence-corrected chi connectivity index (χ0v) is 17.2. The summed E-state index contributed by atoms with van der Waals surface area (Å²) in [5, 5.41) is 10.5. The first-order valence-corrected chi connectivity index (χ1v) is 10.5. The maximum absolute atomic E-state index is 2.40. The van der Waals surface area contributed by atoms with Crippen molar-refractivity contribution in [1.29, 1.82) is 0 Å². The summed E-state index contributed by atoms with van der Waals surface area (Å²) in [6.07, 6.45) is 0. The van der Waals surface area contributed by atoms with Crippen LogP contribution in [-0.4, -0.2) is 0 Å². The molecule has 6 aromatic rings. The number of rotatable bonds is 1. The molecule has 30 heavy (non-hydrogen) atoms. The standard InChI is InChI=1S/C30H22/c1-19-11-12-23-17-30(26-10-6-5-9-25(26)28(23)15-19)27-18-29-22(16-20(27)2)14-13-21-7-3-4-8-24(21)29/h3-18H,1-2H3. The lowest BCUT2D eigenvalue weighted by molar-refractivity contribution is 1.49. The summed E-state index contributed by atoms with van der Waals surface area (Å²) in [5.74, 6) is 0. The molecule has 0 nitrogen and oxygen atoms in total. The zero-order valence-electron chi connectivity index (χ0n) is 17.2. The van der Waals surface area contributed by atoms with Crippen LogP contribution >= 0.6 is 0 Å². The summed E-state index contributed by atoms with van der Waals surface area (Å²) in [5.41, 5.74) is 5.25. The molecule has 142 valence electrons. The third kappa shape index (κ3) is 2.54. The quantitative estimate of drug-likeness (QED) is 0.250. The summed E-state index contributed by atoms with van der Waals surface area (Å²) in [7, 11) is 0. The fourth-order valence-corrected chi connectivity index (χ4v) is 4.90. The molecular weight excluding hydrogens is 360 g/mol. The van der Waals surface area contributed by atoms with Crippen molar-refractivity contribution in [3.8, 4) is 11.1 Å². The van der Waals surface area contributed by atoms with Gasteiger partial charge in [0.1, 0.15) is 0 Å². The minimum atomic E-state index is 1.29. The van der Waals surface area contributed by atoms with Crippen LogP contribution in [0.5, 0.6) is 0 Å². The molecule has 0 N–H and O–H groups in total. The average molecular weight is 383 g/mol. The first-order chi connectivity index (χ1) is 14.7. The van der Waals surface area contributed by atoms with Crippen molar-refractivity contribution in [2.24, 2.45) is 0 Å². The average Bonchev–Trinajstić information content (AvgIpc) is 2.78. The molecule has 0 unspecified atom stereocenters. The van der Waals surface area contributed by atoms with Crippen LogP contribution < -0.4 is 0 Å². The number of hydrogen-bond donors (Lipinski definition) is 0. The van der Waals surface area contributed by atoms with E-state index in [0.717, 1.165) is 0 Å². The van der Waals surface area contributed by atoms with Gasteiger partial charge in [0.15, 0.2) is 0 Å². The predicted molar refractivity (Wildman–Crippen MR) is 131 cm³/mol. The van der Waals surface area contributed by atoms with E-state index in [1.807, 2.05) is 0 Å². The van der Waals surface area contributed by atoms with E-state index in [-0.39, 0.29) is 0 Å². The van der Waals surface area contributed by atoms with Gasteiger partial charge in [0.25, 0.3) is 0 Å². The molecule has 0 bridgehead atoms. The van der Waals surface area contributed by atoms with Crippen molar-refractivity contribution >= 4 is 43.1 Å². The summed E-state index contributed by atoms with van der Waals surface area (Å²) < 4.78 is 0. The normalized spacial score (nSPS) is 11.7. The van der Waals surface area contributed by atoms with E-state index in [1.54, 1.807) is 0 Å². The van der Waals surface area contributed by atoms with Gasteiger partial charge in [-0.15, -0.1) is 0 Å². The SMILES string of the molecule is Cc1ccc2cc(-c3cc4c(ccc5ccccc54)cc3C)c3ccccc3c2c1. The Labute approximate surface area is 176 Å². The maximum atomic E-state index is 2.40. The number of aryl methyl sites for hydroxylation is 2. The Morgan fingerprint density at radius 3 is 1.90 bits per heavy atom. The van der Waals surface area contributed by atoms with Crippen LogP contribution in [0.25, 0.3) is 54.2 Å². The Morgan fingerprint density at radius 2 is 1.03 bits per heavy atom. The van der Waals surface area contributed by atoms with E-state index in [1.165, 1.54) is 65.3 Å². The predicted octanol–water partition coefficient (Wildman–Crippen LogP) is 8.58. The van der Waals surface area contributed by atoms with Crippen LogP contribution in [0.1, 0.15) is 11.1 Å². The fraction of sp³-hybridized carbons (Fsp3) is 0.0667. The summed E-state index contributed by atoms with van der Waals surface area (Å²) >= 11 is 0. The lowest BCUT2D eigenvalue weighted by Gasteiger charge is -2.15. The summed E-state index contributed by atoms with van der Waals surface area (Å²) in [6.45, 7) is 4.40. The van der Waals surface area contributed by atoms with Crippen molar-refractivity contribution in [3.05, 3.63) is 108 Å². The Balaban J connectivity index is 1.75. The number of benzene rings is 6. The van der Waals surface area contributed by atoms with Crippen LogP contribution in [0, 0.1) is 13.8 Å². The van der Waals surface area contributed by atoms with Crippen molar-refractivity contribution in [2.45, 2.75) is 13.8 Å². The molecule has 0 atom stereocenters. The molecule has 0 radical (unpaired) electrons. The van der Waals surface area contributed by atoms with E-state index in [9.17, 15) is 0 Å². The van der Waals surface area contributed by atoms with Crippen molar-refractivity contribution in [3.63, 3.8) is 0 Å². The smallest absolute Gasteiger partial charge is 0.00961 e. The van der Waals surface area contributed by atoms with Crippen molar-refractivity contribution in [2.75, 3.05) is 0 Å². The Morgan fingerprint density at radius 1 is 0.400 bits per heavy atom. The van der Waals surface area contributed by atoms with Crippen LogP contribution in [-0.2, 0) is 0 Å². The summed E-state index contributed by atoms with van der Waals surface area (Å²) in [6, 6.07) is 35.9. The van der Waals surface area contributed by atoms with Gasteiger partial charge in [0.2, 0.25) is 0 Å². The Bertz CT molecular complexity index is 1600. The molecular formula is C30H22. The highest BCUT2D eigenvalue weighted by Crippen LogP contribution is 2.39. The molecule has 6 aromatic carbocycles. The van der Waals surface area contributed by atoms with E-state index < -0.39 is 0 Å². The molecule has 0 aromatic heterocycles. The first kappa shape index (κ1) is 17.2. The molecule has 0 aliphatic heterocycles. The molecule has 0 fully saturated rings. The van der Waals surface area contributed by atoms with Crippen LogP contribution in [0.3, 0.4) is 0 Å². The second-order valence-corrected chi connectivity index (χ2v) is 8.37. The molecule has 0 saturated carbocycles. The molecule has 0 heteroatoms. The molecule has 0 saturated heterocycles. The molecule has 0 heterocycles. The summed E-state index contributed by atoms with van der Waals surface area (Å²) in [4.78, 5) is 0.